The predicted octanol–water partition coefficient (Wildman–Crippen LogP) is 0.152. The van der Waals surface area contributed by atoms with E-state index in [2.05, 4.69) is 15.2 Å². The molecule has 0 bridgehead atoms. The monoisotopic (exact) mass is 255 g/mol. The van der Waals surface area contributed by atoms with Crippen LogP contribution in [0.2, 0.25) is 0 Å². The molecule has 1 aromatic heterocycles. The first kappa shape index (κ1) is 13.9. The fourth-order valence-corrected chi connectivity index (χ4v) is 1.62. The molecule has 0 aromatic carbocycles. The predicted molar refractivity (Wildman–Crippen MR) is 62.7 cm³/mol. The first-order chi connectivity index (χ1) is 8.47. The van der Waals surface area contributed by atoms with Crippen molar-refractivity contribution < 1.29 is 14.7 Å². The summed E-state index contributed by atoms with van der Waals surface area (Å²) in [6.45, 7) is 1.97. The number of aromatic nitrogens is 3. The van der Waals surface area contributed by atoms with Gasteiger partial charge in [0.2, 0.25) is 0 Å². The van der Waals surface area contributed by atoms with Crippen molar-refractivity contribution in [3.05, 3.63) is 12.2 Å². The Hall–Kier alpha value is -2.12. The minimum absolute atomic E-state index is 0.249. The van der Waals surface area contributed by atoms with Gasteiger partial charge in [-0.15, -0.1) is 0 Å². The van der Waals surface area contributed by atoms with Crippen LogP contribution in [0.4, 0.5) is 4.79 Å². The maximum absolute atomic E-state index is 12.0. The lowest BCUT2D eigenvalue weighted by molar-refractivity contribution is -0.142. The molecule has 0 spiro atoms. The Morgan fingerprint density at radius 3 is 2.61 bits per heavy atom. The van der Waals surface area contributed by atoms with E-state index in [-0.39, 0.29) is 12.6 Å². The zero-order valence-electron chi connectivity index (χ0n) is 10.6. The van der Waals surface area contributed by atoms with Crippen LogP contribution in [0, 0.1) is 0 Å². The summed E-state index contributed by atoms with van der Waals surface area (Å²) in [7, 11) is 3.05. The number of carboxylic acid groups (broad SMARTS) is 1. The van der Waals surface area contributed by atoms with E-state index in [4.69, 9.17) is 5.11 Å². The molecular formula is C10H17N5O3. The van der Waals surface area contributed by atoms with Gasteiger partial charge in [0.15, 0.2) is 0 Å². The molecule has 0 aliphatic heterocycles. The second kappa shape index (κ2) is 5.99. The molecule has 18 heavy (non-hydrogen) atoms. The number of likely N-dealkylation sites (N-methyl/N-ethyl adjacent to an activating group) is 1. The molecule has 1 heterocycles. The number of urea groups is 1. The maximum atomic E-state index is 12.0. The van der Waals surface area contributed by atoms with Crippen LogP contribution in [-0.4, -0.2) is 62.2 Å². The van der Waals surface area contributed by atoms with Crippen LogP contribution in [-0.2, 0) is 11.3 Å². The van der Waals surface area contributed by atoms with Gasteiger partial charge in [-0.05, 0) is 6.42 Å². The summed E-state index contributed by atoms with van der Waals surface area (Å²) in [5.74, 6) is -0.468. The Morgan fingerprint density at radius 2 is 2.17 bits per heavy atom. The van der Waals surface area contributed by atoms with Crippen LogP contribution in [0.3, 0.4) is 0 Å². The molecule has 2 N–H and O–H groups in total. The summed E-state index contributed by atoms with van der Waals surface area (Å²) in [5, 5.41) is 15.3. The Balaban J connectivity index is 2.65. The molecule has 8 heteroatoms. The third kappa shape index (κ3) is 3.19. The second-order valence-electron chi connectivity index (χ2n) is 3.94. The van der Waals surface area contributed by atoms with Gasteiger partial charge in [0.1, 0.15) is 18.2 Å². The van der Waals surface area contributed by atoms with Crippen molar-refractivity contribution in [2.75, 3.05) is 14.1 Å². The van der Waals surface area contributed by atoms with Gasteiger partial charge in [-0.1, -0.05) is 6.92 Å². The minimum Gasteiger partial charge on any atom is -0.480 e. The maximum Gasteiger partial charge on any atom is 0.326 e. The summed E-state index contributed by atoms with van der Waals surface area (Å²) in [5.41, 5.74) is 0. The average Bonchev–Trinajstić information content (AvgIpc) is 2.80. The summed E-state index contributed by atoms with van der Waals surface area (Å²) in [6, 6.07) is -1.20. The highest BCUT2D eigenvalue weighted by Crippen LogP contribution is 2.07. The Bertz CT molecular complexity index is 406. The summed E-state index contributed by atoms with van der Waals surface area (Å²) >= 11 is 0. The number of carbonyl (C=O) groups excluding carboxylic acids is 1. The molecule has 1 atom stereocenters. The van der Waals surface area contributed by atoms with Crippen molar-refractivity contribution in [3.63, 3.8) is 0 Å². The Labute approximate surface area is 105 Å². The van der Waals surface area contributed by atoms with E-state index in [1.165, 1.54) is 23.2 Å². The highest BCUT2D eigenvalue weighted by atomic mass is 16.4. The number of hydrogen-bond acceptors (Lipinski definition) is 4. The Morgan fingerprint density at radius 1 is 1.50 bits per heavy atom. The summed E-state index contributed by atoms with van der Waals surface area (Å²) in [6.07, 6.45) is 1.71. The van der Waals surface area contributed by atoms with Crippen LogP contribution in [0.25, 0.3) is 0 Å². The zero-order valence-corrected chi connectivity index (χ0v) is 10.6. The molecular weight excluding hydrogens is 238 g/mol. The zero-order chi connectivity index (χ0) is 13.7. The van der Waals surface area contributed by atoms with Gasteiger partial charge in [0.25, 0.3) is 0 Å². The molecule has 0 aliphatic rings. The molecule has 2 amide bonds. The van der Waals surface area contributed by atoms with Crippen molar-refractivity contribution in [1.29, 1.82) is 0 Å². The molecule has 1 aromatic rings. The molecule has 0 saturated carbocycles. The van der Waals surface area contributed by atoms with Crippen LogP contribution >= 0.6 is 0 Å². The van der Waals surface area contributed by atoms with Gasteiger partial charge in [-0.3, -0.25) is 5.10 Å². The lowest BCUT2D eigenvalue weighted by Crippen LogP contribution is -2.47. The number of carboxylic acids is 1. The number of nitrogens with zero attached hydrogens (tertiary/aromatic N) is 4. The highest BCUT2D eigenvalue weighted by Gasteiger charge is 2.26. The lowest BCUT2D eigenvalue weighted by Gasteiger charge is -2.28. The number of nitrogens with one attached hydrogen (secondary N) is 1. The largest absolute Gasteiger partial charge is 0.480 e. The van der Waals surface area contributed by atoms with E-state index in [0.29, 0.717) is 12.2 Å². The normalized spacial score (nSPS) is 11.9. The number of rotatable bonds is 5. The van der Waals surface area contributed by atoms with Crippen molar-refractivity contribution in [1.82, 2.24) is 25.0 Å². The van der Waals surface area contributed by atoms with Gasteiger partial charge in [0, 0.05) is 14.1 Å². The van der Waals surface area contributed by atoms with Crippen LogP contribution in [0.15, 0.2) is 6.33 Å². The second-order valence-corrected chi connectivity index (χ2v) is 3.94. The van der Waals surface area contributed by atoms with E-state index in [1.807, 2.05) is 0 Å². The third-order valence-corrected chi connectivity index (χ3v) is 2.62. The quantitative estimate of drug-likeness (QED) is 0.779. The minimum atomic E-state index is -1.01. The van der Waals surface area contributed by atoms with Gasteiger partial charge in [-0.2, -0.15) is 5.10 Å². The fourth-order valence-electron chi connectivity index (χ4n) is 1.62. The molecule has 100 valence electrons. The SMILES string of the molecule is CCC(C(=O)O)N(C)C(=O)N(C)Cc1ncn[nH]1. The van der Waals surface area contributed by atoms with E-state index >= 15 is 0 Å². The van der Waals surface area contributed by atoms with Gasteiger partial charge in [-0.25, -0.2) is 14.6 Å². The molecule has 0 saturated heterocycles. The number of aliphatic carboxylic acids is 1. The van der Waals surface area contributed by atoms with Gasteiger partial charge < -0.3 is 14.9 Å². The average molecular weight is 255 g/mol. The molecule has 8 nitrogen and oxygen atoms in total. The molecule has 0 aliphatic carbocycles. The first-order valence-electron chi connectivity index (χ1n) is 5.52. The molecule has 0 fully saturated rings. The lowest BCUT2D eigenvalue weighted by atomic mass is 10.2. The van der Waals surface area contributed by atoms with Crippen molar-refractivity contribution in [3.8, 4) is 0 Å². The van der Waals surface area contributed by atoms with Gasteiger partial charge in [0.05, 0.1) is 6.54 Å². The summed E-state index contributed by atoms with van der Waals surface area (Å²) < 4.78 is 0. The van der Waals surface area contributed by atoms with Crippen LogP contribution in [0.1, 0.15) is 19.2 Å². The van der Waals surface area contributed by atoms with Crippen molar-refractivity contribution in [2.45, 2.75) is 25.9 Å². The number of hydrogen-bond donors (Lipinski definition) is 2. The van der Waals surface area contributed by atoms with Crippen molar-refractivity contribution in [2.24, 2.45) is 0 Å². The Kier molecular flexibility index (Phi) is 4.64. The number of carbonyl (C=O) groups is 2. The third-order valence-electron chi connectivity index (χ3n) is 2.62. The standard InChI is InChI=1S/C10H17N5O3/c1-4-7(9(16)17)15(3)10(18)14(2)5-8-11-6-12-13-8/h6-7H,4-5H2,1-3H3,(H,16,17)(H,11,12,13). The summed E-state index contributed by atoms with van der Waals surface area (Å²) in [4.78, 5) is 29.5. The van der Waals surface area contributed by atoms with Crippen LogP contribution in [0.5, 0.6) is 0 Å². The van der Waals surface area contributed by atoms with E-state index < -0.39 is 12.0 Å². The van der Waals surface area contributed by atoms with Crippen LogP contribution < -0.4 is 0 Å². The van der Waals surface area contributed by atoms with Crippen molar-refractivity contribution >= 4 is 12.0 Å². The van der Waals surface area contributed by atoms with E-state index in [9.17, 15) is 9.59 Å². The van der Waals surface area contributed by atoms with Gasteiger partial charge >= 0.3 is 12.0 Å². The first-order valence-corrected chi connectivity index (χ1v) is 5.52. The number of amides is 2. The van der Waals surface area contributed by atoms with E-state index in [0.717, 1.165) is 0 Å². The highest BCUT2D eigenvalue weighted by molar-refractivity contribution is 5.82. The molecule has 1 rings (SSSR count). The molecule has 1 unspecified atom stereocenters. The fraction of sp³-hybridized carbons (Fsp3) is 0.600. The van der Waals surface area contributed by atoms with E-state index in [1.54, 1.807) is 14.0 Å². The smallest absolute Gasteiger partial charge is 0.326 e. The number of H-pyrrole nitrogens is 1. The topological polar surface area (TPSA) is 102 Å². The number of aromatic amines is 1. The molecule has 0 radical (unpaired) electrons.